The van der Waals surface area contributed by atoms with Gasteiger partial charge in [-0.1, -0.05) is 0 Å². The van der Waals surface area contributed by atoms with Gasteiger partial charge in [0.05, 0.1) is 7.11 Å². The highest BCUT2D eigenvalue weighted by atomic mass is 16.6. The van der Waals surface area contributed by atoms with Gasteiger partial charge in [0.15, 0.2) is 0 Å². The van der Waals surface area contributed by atoms with Gasteiger partial charge in [-0.2, -0.15) is 5.48 Å². The van der Waals surface area contributed by atoms with E-state index in [1.165, 1.54) is 7.11 Å². The fourth-order valence-electron chi connectivity index (χ4n) is 1.46. The van der Waals surface area contributed by atoms with E-state index in [4.69, 9.17) is 5.73 Å². The number of rotatable bonds is 4. The molecular weight excluding hydrogens is 204 g/mol. The second-order valence-corrected chi connectivity index (χ2v) is 2.88. The predicted octanol–water partition coefficient (Wildman–Crippen LogP) is -2.11. The van der Waals surface area contributed by atoms with E-state index in [1.807, 2.05) is 5.32 Å². The van der Waals surface area contributed by atoms with E-state index in [1.54, 1.807) is 6.92 Å². The quantitative estimate of drug-likeness (QED) is 0.283. The molecule has 4 amide bonds. The Balaban J connectivity index is 3.18. The minimum atomic E-state index is -1.96. The van der Waals surface area contributed by atoms with Crippen LogP contribution in [-0.2, 0) is 14.4 Å². The van der Waals surface area contributed by atoms with Crippen LogP contribution in [0.15, 0.2) is 0 Å². The molecule has 4 N–H and O–H groups in total. The molecule has 8 nitrogen and oxygen atoms in total. The lowest BCUT2D eigenvalue weighted by atomic mass is 10.1. The summed E-state index contributed by atoms with van der Waals surface area (Å²) in [7, 11) is 1.22. The van der Waals surface area contributed by atoms with Gasteiger partial charge in [-0.15, -0.1) is 0 Å². The van der Waals surface area contributed by atoms with E-state index in [0.717, 1.165) is 4.90 Å². The van der Waals surface area contributed by atoms with Gasteiger partial charge in [0.1, 0.15) is 0 Å². The van der Waals surface area contributed by atoms with Crippen LogP contribution in [0.5, 0.6) is 0 Å². The molecule has 15 heavy (non-hydrogen) atoms. The maximum Gasteiger partial charge on any atom is 0.326 e. The van der Waals surface area contributed by atoms with Crippen LogP contribution < -0.4 is 16.5 Å². The van der Waals surface area contributed by atoms with Crippen LogP contribution in [0.25, 0.3) is 0 Å². The Morgan fingerprint density at radius 1 is 1.67 bits per heavy atom. The molecule has 0 spiro atoms. The molecule has 1 rings (SSSR count). The minimum Gasteiger partial charge on any atom is -0.366 e. The van der Waals surface area contributed by atoms with Crippen molar-refractivity contribution in [2.45, 2.75) is 12.6 Å². The van der Waals surface area contributed by atoms with Crippen molar-refractivity contribution >= 4 is 17.8 Å². The Kier molecular flexibility index (Phi) is 2.91. The molecule has 1 heterocycles. The molecule has 0 bridgehead atoms. The molecule has 0 aromatic heterocycles. The van der Waals surface area contributed by atoms with Crippen molar-refractivity contribution in [3.8, 4) is 0 Å². The summed E-state index contributed by atoms with van der Waals surface area (Å²) in [4.78, 5) is 39.6. The lowest BCUT2D eigenvalue weighted by Gasteiger charge is -2.30. The fourth-order valence-corrected chi connectivity index (χ4v) is 1.46. The van der Waals surface area contributed by atoms with E-state index in [2.05, 4.69) is 10.3 Å². The lowest BCUT2D eigenvalue weighted by Crippen LogP contribution is -2.67. The van der Waals surface area contributed by atoms with Crippen LogP contribution in [0.4, 0.5) is 4.79 Å². The Bertz CT molecular complexity index is 318. The molecule has 1 unspecified atom stereocenters. The van der Waals surface area contributed by atoms with Crippen molar-refractivity contribution in [2.75, 3.05) is 13.7 Å². The Morgan fingerprint density at radius 2 is 2.27 bits per heavy atom. The second-order valence-electron chi connectivity index (χ2n) is 2.88. The molecule has 1 aliphatic heterocycles. The summed E-state index contributed by atoms with van der Waals surface area (Å²) in [5, 5.41) is 1.98. The predicted molar refractivity (Wildman–Crippen MR) is 48.0 cm³/mol. The number of carbonyl (C=O) groups is 3. The third-order valence-electron chi connectivity index (χ3n) is 2.12. The first kappa shape index (κ1) is 11.4. The van der Waals surface area contributed by atoms with Crippen molar-refractivity contribution in [3.05, 3.63) is 0 Å². The summed E-state index contributed by atoms with van der Waals surface area (Å²) in [5.41, 5.74) is 5.30. The third kappa shape index (κ3) is 1.43. The van der Waals surface area contributed by atoms with Gasteiger partial charge in [0, 0.05) is 6.54 Å². The van der Waals surface area contributed by atoms with Crippen molar-refractivity contribution in [2.24, 2.45) is 5.73 Å². The Hall–Kier alpha value is -1.67. The summed E-state index contributed by atoms with van der Waals surface area (Å²) in [5.74, 6) is -1.85. The van der Waals surface area contributed by atoms with Gasteiger partial charge in [0.2, 0.25) is 0 Å². The molecule has 0 radical (unpaired) electrons. The number of likely N-dealkylation sites (N-methyl/N-ethyl adjacent to an activating group) is 1. The monoisotopic (exact) mass is 216 g/mol. The smallest absolute Gasteiger partial charge is 0.326 e. The fraction of sp³-hybridized carbons (Fsp3) is 0.571. The molecule has 1 saturated heterocycles. The van der Waals surface area contributed by atoms with Crippen LogP contribution in [0, 0.1) is 0 Å². The highest BCUT2D eigenvalue weighted by Crippen LogP contribution is 2.18. The second kappa shape index (κ2) is 3.83. The largest absolute Gasteiger partial charge is 0.366 e. The zero-order valence-corrected chi connectivity index (χ0v) is 8.36. The molecule has 8 heteroatoms. The number of hydroxylamine groups is 1. The first-order valence-corrected chi connectivity index (χ1v) is 4.23. The van der Waals surface area contributed by atoms with Gasteiger partial charge in [-0.25, -0.2) is 4.79 Å². The number of imide groups is 1. The number of carbonyl (C=O) groups excluding carboxylic acids is 3. The number of hydrogen-bond donors (Lipinski definition) is 3. The van der Waals surface area contributed by atoms with E-state index in [9.17, 15) is 14.4 Å². The number of nitrogens with one attached hydrogen (secondary N) is 2. The molecule has 1 aliphatic rings. The SMILES string of the molecule is CCN1C(=O)NC(=O)C1(NOC)C(N)=O. The zero-order valence-electron chi connectivity index (χ0n) is 8.36. The van der Waals surface area contributed by atoms with Crippen molar-refractivity contribution in [1.82, 2.24) is 15.7 Å². The molecule has 84 valence electrons. The normalized spacial score (nSPS) is 25.6. The molecule has 0 saturated carbocycles. The molecule has 1 fully saturated rings. The van der Waals surface area contributed by atoms with Crippen molar-refractivity contribution in [3.63, 3.8) is 0 Å². The Labute approximate surface area is 85.7 Å². The van der Waals surface area contributed by atoms with Gasteiger partial charge in [-0.3, -0.25) is 19.8 Å². The average Bonchev–Trinajstić information content (AvgIpc) is 2.39. The average molecular weight is 216 g/mol. The topological polar surface area (TPSA) is 114 Å². The molecule has 0 aliphatic carbocycles. The highest BCUT2D eigenvalue weighted by Gasteiger charge is 2.57. The Morgan fingerprint density at radius 3 is 2.67 bits per heavy atom. The molecular formula is C7H12N4O4. The number of primary amides is 1. The minimum absolute atomic E-state index is 0.136. The highest BCUT2D eigenvalue weighted by molar-refractivity contribution is 6.19. The number of nitrogens with two attached hydrogens (primary N) is 1. The number of nitrogens with zero attached hydrogens (tertiary/aromatic N) is 1. The van der Waals surface area contributed by atoms with Gasteiger partial charge >= 0.3 is 6.03 Å². The standard InChI is InChI=1S/C7H12N4O4/c1-3-11-6(14)9-5(13)7(11,4(8)12)10-15-2/h10H,3H2,1-2H3,(H2,8,12)(H,9,13,14). The number of amides is 4. The van der Waals surface area contributed by atoms with E-state index in [-0.39, 0.29) is 6.54 Å². The first-order valence-electron chi connectivity index (χ1n) is 4.23. The van der Waals surface area contributed by atoms with Gasteiger partial charge in [-0.05, 0) is 6.92 Å². The van der Waals surface area contributed by atoms with Crippen LogP contribution in [0.3, 0.4) is 0 Å². The first-order chi connectivity index (χ1) is 7.00. The third-order valence-corrected chi connectivity index (χ3v) is 2.12. The summed E-state index contributed by atoms with van der Waals surface area (Å²) >= 11 is 0. The van der Waals surface area contributed by atoms with Crippen LogP contribution >= 0.6 is 0 Å². The van der Waals surface area contributed by atoms with Crippen LogP contribution in [0.1, 0.15) is 6.92 Å². The summed E-state index contributed by atoms with van der Waals surface area (Å²) in [6.07, 6.45) is 0. The lowest BCUT2D eigenvalue weighted by molar-refractivity contribution is -0.151. The maximum atomic E-state index is 11.5. The van der Waals surface area contributed by atoms with E-state index >= 15 is 0 Å². The van der Waals surface area contributed by atoms with Gasteiger partial charge in [0.25, 0.3) is 17.5 Å². The van der Waals surface area contributed by atoms with Crippen LogP contribution in [0.2, 0.25) is 0 Å². The number of urea groups is 1. The summed E-state index contributed by atoms with van der Waals surface area (Å²) in [6, 6.07) is -0.689. The maximum absolute atomic E-state index is 11.5. The molecule has 0 aromatic carbocycles. The van der Waals surface area contributed by atoms with Gasteiger partial charge < -0.3 is 10.6 Å². The molecule has 1 atom stereocenters. The summed E-state index contributed by atoms with van der Waals surface area (Å²) < 4.78 is 0. The summed E-state index contributed by atoms with van der Waals surface area (Å²) in [6.45, 7) is 1.74. The number of hydrogen-bond acceptors (Lipinski definition) is 5. The van der Waals surface area contributed by atoms with Crippen molar-refractivity contribution < 1.29 is 19.2 Å². The van der Waals surface area contributed by atoms with E-state index in [0.29, 0.717) is 0 Å². The molecule has 0 aromatic rings. The van der Waals surface area contributed by atoms with Crippen LogP contribution in [-0.4, -0.2) is 42.1 Å². The zero-order chi connectivity index (χ0) is 11.6. The van der Waals surface area contributed by atoms with E-state index < -0.39 is 23.5 Å². The van der Waals surface area contributed by atoms with Crippen molar-refractivity contribution in [1.29, 1.82) is 0 Å².